The Kier molecular flexibility index (Phi) is 6.33. The van der Waals surface area contributed by atoms with Crippen LogP contribution < -0.4 is 31.8 Å². The van der Waals surface area contributed by atoms with Gasteiger partial charge in [-0.3, -0.25) is 0 Å². The van der Waals surface area contributed by atoms with Crippen LogP contribution in [-0.4, -0.2) is 34.6 Å². The van der Waals surface area contributed by atoms with E-state index in [0.717, 1.165) is 17.2 Å². The van der Waals surface area contributed by atoms with Crippen molar-refractivity contribution in [2.75, 3.05) is 21.3 Å². The van der Waals surface area contributed by atoms with E-state index in [1.165, 1.54) is 17.6 Å². The molecule has 0 atom stereocenters. The molecule has 4 heteroatoms. The third-order valence-electron chi connectivity index (χ3n) is 5.74. The zero-order valence-corrected chi connectivity index (χ0v) is 20.1. The Morgan fingerprint density at radius 1 is 0.419 bits per heavy atom. The first-order valence-electron chi connectivity index (χ1n) is 10.2. The van der Waals surface area contributed by atoms with Crippen LogP contribution in [0.1, 0.15) is 0 Å². The Morgan fingerprint density at radius 3 is 1.10 bits per heavy atom. The van der Waals surface area contributed by atoms with Crippen molar-refractivity contribution in [3.8, 4) is 17.2 Å². The molecular weight excluding hydrogens is 445 g/mol. The van der Waals surface area contributed by atoms with Crippen LogP contribution in [0, 0.1) is 0 Å². The van der Waals surface area contributed by atoms with Crippen molar-refractivity contribution in [3.05, 3.63) is 103 Å². The molecule has 0 aliphatic rings. The van der Waals surface area contributed by atoms with Crippen molar-refractivity contribution in [2.24, 2.45) is 0 Å². The molecule has 3 nitrogen and oxygen atoms in total. The summed E-state index contributed by atoms with van der Waals surface area (Å²) in [5.41, 5.74) is 0. The minimum absolute atomic E-state index is 0.878. The normalized spacial score (nSPS) is 11.1. The molecule has 0 aromatic heterocycles. The van der Waals surface area contributed by atoms with Gasteiger partial charge < -0.3 is 0 Å². The fourth-order valence-corrected chi connectivity index (χ4v) is 15.4. The zero-order valence-electron chi connectivity index (χ0n) is 18.0. The summed E-state index contributed by atoms with van der Waals surface area (Å²) in [6, 6.07) is 35.8. The van der Waals surface area contributed by atoms with Gasteiger partial charge in [0.05, 0.1) is 0 Å². The molecule has 0 heterocycles. The van der Waals surface area contributed by atoms with E-state index in [0.29, 0.717) is 0 Å². The van der Waals surface area contributed by atoms with E-state index in [-0.39, 0.29) is 0 Å². The molecule has 31 heavy (non-hydrogen) atoms. The first kappa shape index (κ1) is 21.1. The third kappa shape index (κ3) is 3.59. The summed E-state index contributed by atoms with van der Waals surface area (Å²) in [6.07, 6.45) is 0. The second-order valence-electron chi connectivity index (χ2n) is 7.22. The molecule has 4 aromatic carbocycles. The average Bonchev–Trinajstić information content (AvgIpc) is 2.86. The van der Waals surface area contributed by atoms with Crippen LogP contribution in [0.15, 0.2) is 103 Å². The maximum atomic E-state index is 5.93. The summed E-state index contributed by atoms with van der Waals surface area (Å²) in [5, 5.41) is 0. The van der Waals surface area contributed by atoms with Crippen LogP contribution in [0.3, 0.4) is 0 Å². The molecule has 0 aliphatic carbocycles. The number of rotatable bonds is 7. The number of benzene rings is 4. The quantitative estimate of drug-likeness (QED) is 0.388. The van der Waals surface area contributed by atoms with Gasteiger partial charge >= 0.3 is 187 Å². The minimum atomic E-state index is -3.62. The van der Waals surface area contributed by atoms with Gasteiger partial charge in [-0.2, -0.15) is 0 Å². The molecule has 0 aliphatic heterocycles. The van der Waals surface area contributed by atoms with E-state index >= 15 is 0 Å². The Hall–Kier alpha value is -3.18. The Labute approximate surface area is 186 Å². The molecule has 0 saturated carbocycles. The van der Waals surface area contributed by atoms with Gasteiger partial charge in [-0.05, 0) is 0 Å². The van der Waals surface area contributed by atoms with E-state index in [9.17, 15) is 0 Å². The maximum absolute atomic E-state index is 5.93. The molecule has 0 fully saturated rings. The Bertz CT molecular complexity index is 1040. The molecular formula is C27H26GeO3. The van der Waals surface area contributed by atoms with Crippen molar-refractivity contribution < 1.29 is 14.2 Å². The van der Waals surface area contributed by atoms with E-state index in [2.05, 4.69) is 66.7 Å². The van der Waals surface area contributed by atoms with Crippen LogP contribution in [-0.2, 0) is 0 Å². The van der Waals surface area contributed by atoms with Crippen molar-refractivity contribution in [1.29, 1.82) is 0 Å². The molecule has 0 bridgehead atoms. The predicted molar refractivity (Wildman–Crippen MR) is 130 cm³/mol. The second-order valence-corrected chi connectivity index (χ2v) is 15.0. The summed E-state index contributed by atoms with van der Waals surface area (Å²) in [5.74, 6) is 2.63. The summed E-state index contributed by atoms with van der Waals surface area (Å²) < 4.78 is 22.7. The van der Waals surface area contributed by atoms with Gasteiger partial charge in [-0.15, -0.1) is 0 Å². The van der Waals surface area contributed by atoms with E-state index in [4.69, 9.17) is 14.2 Å². The molecule has 0 radical (unpaired) electrons. The van der Waals surface area contributed by atoms with E-state index in [1.807, 2.05) is 36.4 Å². The molecule has 156 valence electrons. The van der Waals surface area contributed by atoms with Crippen molar-refractivity contribution >= 4 is 30.8 Å². The van der Waals surface area contributed by atoms with Gasteiger partial charge in [-0.25, -0.2) is 0 Å². The topological polar surface area (TPSA) is 27.7 Å². The first-order chi connectivity index (χ1) is 15.3. The molecule has 0 amide bonds. The fraction of sp³-hybridized carbons (Fsp3) is 0.111. The summed E-state index contributed by atoms with van der Waals surface area (Å²) >= 11 is -3.62. The van der Waals surface area contributed by atoms with E-state index < -0.39 is 13.3 Å². The van der Waals surface area contributed by atoms with Gasteiger partial charge in [-0.1, -0.05) is 0 Å². The molecule has 4 rings (SSSR count). The van der Waals surface area contributed by atoms with Gasteiger partial charge in [0.2, 0.25) is 0 Å². The van der Waals surface area contributed by atoms with Crippen LogP contribution >= 0.6 is 0 Å². The summed E-state index contributed by atoms with van der Waals surface area (Å²) in [7, 11) is 5.21. The van der Waals surface area contributed by atoms with Gasteiger partial charge in [0, 0.05) is 0 Å². The fourth-order valence-electron chi connectivity index (χ4n) is 4.45. The zero-order chi connectivity index (χ0) is 21.7. The average molecular weight is 471 g/mol. The molecule has 4 aromatic rings. The van der Waals surface area contributed by atoms with E-state index in [1.54, 1.807) is 21.3 Å². The number of hydrogen-bond donors (Lipinski definition) is 0. The SMILES string of the molecule is COc1cccc[c]1[Ge]([c]1ccccc1)([c]1ccccc1OC)[c]1ccccc1OC. The number of hydrogen-bond acceptors (Lipinski definition) is 3. The number of para-hydroxylation sites is 3. The number of methoxy groups -OCH3 is 3. The van der Waals surface area contributed by atoms with Crippen LogP contribution in [0.2, 0.25) is 0 Å². The Balaban J connectivity index is 2.26. The molecule has 0 unspecified atom stereocenters. The number of ether oxygens (including phenoxy) is 3. The molecule has 0 spiro atoms. The monoisotopic (exact) mass is 472 g/mol. The second kappa shape index (κ2) is 9.31. The third-order valence-corrected chi connectivity index (χ3v) is 15.9. The van der Waals surface area contributed by atoms with Gasteiger partial charge in [0.1, 0.15) is 0 Å². The van der Waals surface area contributed by atoms with Crippen molar-refractivity contribution in [1.82, 2.24) is 0 Å². The first-order valence-corrected chi connectivity index (χ1v) is 14.4. The molecule has 0 N–H and O–H groups in total. The van der Waals surface area contributed by atoms with Crippen LogP contribution in [0.5, 0.6) is 17.2 Å². The standard InChI is InChI=1S/C27H26GeO3/c1-29-25-18-10-7-15-22(25)28(21-13-5-4-6-14-21,23-16-8-11-19-26(23)30-2)24-17-9-12-20-27(24)31-3/h4-20H,1-3H3. The predicted octanol–water partition coefficient (Wildman–Crippen LogP) is 3.09. The van der Waals surface area contributed by atoms with Gasteiger partial charge in [0.25, 0.3) is 0 Å². The molecule has 0 saturated heterocycles. The Morgan fingerprint density at radius 2 is 0.742 bits per heavy atom. The van der Waals surface area contributed by atoms with Gasteiger partial charge in [0.15, 0.2) is 0 Å². The summed E-state index contributed by atoms with van der Waals surface area (Å²) in [6.45, 7) is 0. The van der Waals surface area contributed by atoms with Crippen molar-refractivity contribution in [2.45, 2.75) is 0 Å². The van der Waals surface area contributed by atoms with Crippen LogP contribution in [0.25, 0.3) is 0 Å². The van der Waals surface area contributed by atoms with Crippen LogP contribution in [0.4, 0.5) is 0 Å². The van der Waals surface area contributed by atoms with Crippen molar-refractivity contribution in [3.63, 3.8) is 0 Å². The summed E-state index contributed by atoms with van der Waals surface area (Å²) in [4.78, 5) is 0.